The zero-order valence-electron chi connectivity index (χ0n) is 6.10. The molecule has 0 saturated heterocycles. The molecule has 0 saturated carbocycles. The Morgan fingerprint density at radius 2 is 2.08 bits per heavy atom. The van der Waals surface area contributed by atoms with Crippen LogP contribution in [0.2, 0.25) is 0 Å². The zero-order chi connectivity index (χ0) is 10.1. The topological polar surface area (TPSA) is 30.0 Å². The molecular formula is C7H3BrF3NO. The van der Waals surface area contributed by atoms with Gasteiger partial charge in [0.2, 0.25) is 0 Å². The minimum atomic E-state index is -4.84. The number of carbonyl (C=O) groups excluding carboxylic acids is 1. The van der Waals surface area contributed by atoms with Crippen LogP contribution in [-0.4, -0.2) is 16.9 Å². The van der Waals surface area contributed by atoms with Gasteiger partial charge in [-0.2, -0.15) is 13.2 Å². The summed E-state index contributed by atoms with van der Waals surface area (Å²) in [5.41, 5.74) is -0.428. The van der Waals surface area contributed by atoms with E-state index in [2.05, 4.69) is 20.9 Å². The number of hydrogen-bond acceptors (Lipinski definition) is 2. The van der Waals surface area contributed by atoms with Crippen molar-refractivity contribution in [3.63, 3.8) is 0 Å². The summed E-state index contributed by atoms with van der Waals surface area (Å²) in [4.78, 5) is 14.2. The first-order valence-corrected chi connectivity index (χ1v) is 3.93. The van der Waals surface area contributed by atoms with Crippen LogP contribution in [0.3, 0.4) is 0 Å². The zero-order valence-corrected chi connectivity index (χ0v) is 7.69. The largest absolute Gasteiger partial charge is 0.454 e. The Hall–Kier alpha value is -0.910. The Bertz CT molecular complexity index is 337. The lowest BCUT2D eigenvalue weighted by atomic mass is 10.2. The number of hydrogen-bond donors (Lipinski definition) is 0. The van der Waals surface area contributed by atoms with Crippen molar-refractivity contribution in [2.75, 3.05) is 0 Å². The molecule has 6 heteroatoms. The maximum atomic E-state index is 11.9. The first kappa shape index (κ1) is 10.2. The molecule has 0 fully saturated rings. The molecule has 1 heterocycles. The van der Waals surface area contributed by atoms with Crippen LogP contribution < -0.4 is 0 Å². The molecule has 0 amide bonds. The fourth-order valence-electron chi connectivity index (χ4n) is 0.712. The van der Waals surface area contributed by atoms with Crippen LogP contribution in [-0.2, 0) is 0 Å². The van der Waals surface area contributed by atoms with Gasteiger partial charge in [-0.25, -0.2) is 0 Å². The number of rotatable bonds is 1. The van der Waals surface area contributed by atoms with E-state index in [1.54, 1.807) is 0 Å². The lowest BCUT2D eigenvalue weighted by Gasteiger charge is -2.05. The number of alkyl halides is 3. The molecule has 0 radical (unpaired) electrons. The van der Waals surface area contributed by atoms with E-state index in [0.717, 1.165) is 18.5 Å². The summed E-state index contributed by atoms with van der Waals surface area (Å²) in [6.45, 7) is 0. The monoisotopic (exact) mass is 253 g/mol. The van der Waals surface area contributed by atoms with Crippen molar-refractivity contribution in [3.05, 3.63) is 28.5 Å². The minimum absolute atomic E-state index is 0.0392. The maximum Gasteiger partial charge on any atom is 0.454 e. The lowest BCUT2D eigenvalue weighted by Crippen LogP contribution is -2.23. The third-order valence-electron chi connectivity index (χ3n) is 1.27. The van der Waals surface area contributed by atoms with Gasteiger partial charge in [-0.15, -0.1) is 0 Å². The van der Waals surface area contributed by atoms with E-state index in [-0.39, 0.29) is 4.47 Å². The van der Waals surface area contributed by atoms with Gasteiger partial charge in [0.1, 0.15) is 0 Å². The number of nitrogens with zero attached hydrogens (tertiary/aromatic N) is 1. The first-order valence-electron chi connectivity index (χ1n) is 3.14. The summed E-state index contributed by atoms with van der Waals surface area (Å²) in [6.07, 6.45) is -2.58. The molecule has 13 heavy (non-hydrogen) atoms. The molecule has 70 valence electrons. The van der Waals surface area contributed by atoms with Gasteiger partial charge >= 0.3 is 6.18 Å². The van der Waals surface area contributed by atoms with Gasteiger partial charge in [0, 0.05) is 22.4 Å². The Labute approximate surface area is 79.9 Å². The summed E-state index contributed by atoms with van der Waals surface area (Å²) >= 11 is 2.81. The second kappa shape index (κ2) is 3.45. The van der Waals surface area contributed by atoms with Crippen LogP contribution in [0.15, 0.2) is 22.9 Å². The minimum Gasteiger partial charge on any atom is -0.284 e. The average molecular weight is 254 g/mol. The summed E-state index contributed by atoms with van der Waals surface area (Å²) in [6, 6.07) is 1.01. The average Bonchev–Trinajstić information content (AvgIpc) is 2.02. The smallest absolute Gasteiger partial charge is 0.284 e. The third kappa shape index (κ3) is 2.27. The summed E-state index contributed by atoms with van der Waals surface area (Å²) in [5.74, 6) is -1.87. The highest BCUT2D eigenvalue weighted by molar-refractivity contribution is 9.10. The fraction of sp³-hybridized carbons (Fsp3) is 0.143. The predicted octanol–water partition coefficient (Wildman–Crippen LogP) is 2.59. The number of pyridine rings is 1. The Morgan fingerprint density at radius 1 is 1.46 bits per heavy atom. The van der Waals surface area contributed by atoms with Crippen molar-refractivity contribution in [3.8, 4) is 0 Å². The second-order valence-electron chi connectivity index (χ2n) is 2.18. The van der Waals surface area contributed by atoms with Crippen molar-refractivity contribution in [2.45, 2.75) is 6.18 Å². The lowest BCUT2D eigenvalue weighted by molar-refractivity contribution is -0.0885. The standard InChI is InChI=1S/C7H3BrF3NO/c8-5-3-12-2-1-4(5)6(13)7(9,10)11/h1-3H. The summed E-state index contributed by atoms with van der Waals surface area (Å²) in [7, 11) is 0. The van der Waals surface area contributed by atoms with E-state index < -0.39 is 17.5 Å². The predicted molar refractivity (Wildman–Crippen MR) is 42.3 cm³/mol. The maximum absolute atomic E-state index is 11.9. The first-order chi connectivity index (χ1) is 5.93. The van der Waals surface area contributed by atoms with Gasteiger partial charge < -0.3 is 0 Å². The van der Waals surface area contributed by atoms with Gasteiger partial charge in [0.25, 0.3) is 5.78 Å². The summed E-state index contributed by atoms with van der Waals surface area (Å²) < 4.78 is 35.8. The van der Waals surface area contributed by atoms with E-state index in [4.69, 9.17) is 0 Å². The normalized spacial score (nSPS) is 11.4. The number of Topliss-reactive ketones (excluding diaryl/α,β-unsaturated/α-hetero) is 1. The Kier molecular flexibility index (Phi) is 2.70. The van der Waals surface area contributed by atoms with Crippen LogP contribution in [0.25, 0.3) is 0 Å². The summed E-state index contributed by atoms with van der Waals surface area (Å²) in [5, 5.41) is 0. The molecule has 0 aliphatic carbocycles. The Morgan fingerprint density at radius 3 is 2.54 bits per heavy atom. The van der Waals surface area contributed by atoms with Gasteiger partial charge in [-0.3, -0.25) is 9.78 Å². The number of carbonyl (C=O) groups is 1. The van der Waals surface area contributed by atoms with E-state index in [1.807, 2.05) is 0 Å². The van der Waals surface area contributed by atoms with Crippen LogP contribution in [0.5, 0.6) is 0 Å². The van der Waals surface area contributed by atoms with Crippen LogP contribution >= 0.6 is 15.9 Å². The number of halogens is 4. The molecule has 0 aromatic carbocycles. The molecule has 1 aromatic rings. The van der Waals surface area contributed by atoms with Gasteiger partial charge in [0.05, 0.1) is 0 Å². The van der Waals surface area contributed by atoms with Crippen molar-refractivity contribution >= 4 is 21.7 Å². The van der Waals surface area contributed by atoms with Crippen molar-refractivity contribution in [2.24, 2.45) is 0 Å². The van der Waals surface area contributed by atoms with Crippen molar-refractivity contribution in [1.29, 1.82) is 0 Å². The van der Waals surface area contributed by atoms with Gasteiger partial charge in [0.15, 0.2) is 0 Å². The van der Waals surface area contributed by atoms with Gasteiger partial charge in [-0.05, 0) is 22.0 Å². The quantitative estimate of drug-likeness (QED) is 0.721. The highest BCUT2D eigenvalue weighted by Crippen LogP contribution is 2.25. The molecule has 0 aliphatic heterocycles. The molecule has 2 nitrogen and oxygen atoms in total. The molecule has 0 bridgehead atoms. The van der Waals surface area contributed by atoms with Crippen LogP contribution in [0.1, 0.15) is 10.4 Å². The molecule has 0 spiro atoms. The molecule has 0 atom stereocenters. The molecule has 0 unspecified atom stereocenters. The molecular weight excluding hydrogens is 251 g/mol. The van der Waals surface area contributed by atoms with Crippen molar-refractivity contribution < 1.29 is 18.0 Å². The molecule has 1 aromatic heterocycles. The number of aromatic nitrogens is 1. The van der Waals surface area contributed by atoms with Gasteiger partial charge in [-0.1, -0.05) is 0 Å². The van der Waals surface area contributed by atoms with E-state index in [9.17, 15) is 18.0 Å². The number of ketones is 1. The van der Waals surface area contributed by atoms with Crippen LogP contribution in [0, 0.1) is 0 Å². The fourth-order valence-corrected chi connectivity index (χ4v) is 1.14. The molecule has 1 rings (SSSR count). The van der Waals surface area contributed by atoms with E-state index in [1.165, 1.54) is 0 Å². The van der Waals surface area contributed by atoms with Crippen LogP contribution in [0.4, 0.5) is 13.2 Å². The Balaban J connectivity index is 3.10. The third-order valence-corrected chi connectivity index (χ3v) is 1.91. The van der Waals surface area contributed by atoms with E-state index >= 15 is 0 Å². The SMILES string of the molecule is O=C(c1ccncc1Br)C(F)(F)F. The highest BCUT2D eigenvalue weighted by Gasteiger charge is 2.40. The second-order valence-corrected chi connectivity index (χ2v) is 3.04. The molecule has 0 aliphatic rings. The molecule has 0 N–H and O–H groups in total. The van der Waals surface area contributed by atoms with Crippen molar-refractivity contribution in [1.82, 2.24) is 4.98 Å². The van der Waals surface area contributed by atoms with E-state index in [0.29, 0.717) is 0 Å². The highest BCUT2D eigenvalue weighted by atomic mass is 79.9.